The first-order chi connectivity index (χ1) is 13.9. The Bertz CT molecular complexity index is 1090. The summed E-state index contributed by atoms with van der Waals surface area (Å²) in [6, 6.07) is 12.2. The number of rotatable bonds is 6. The molecule has 0 bridgehead atoms. The van der Waals surface area contributed by atoms with Gasteiger partial charge in [-0.3, -0.25) is 9.59 Å². The molecule has 1 amide bonds. The normalized spacial score (nSPS) is 10.6. The average molecular weight is 415 g/mol. The molecule has 7 nitrogen and oxygen atoms in total. The van der Waals surface area contributed by atoms with Crippen molar-refractivity contribution in [3.63, 3.8) is 0 Å². The molecule has 0 fully saturated rings. The SMILES string of the molecule is COC(=O)c1cn(CC(=O)OCC(=O)Nc2ccc(C)c(Cl)c2)c2ccccc12. The maximum atomic E-state index is 12.2. The van der Waals surface area contributed by atoms with Crippen LogP contribution in [0.1, 0.15) is 15.9 Å². The second kappa shape index (κ2) is 8.79. The van der Waals surface area contributed by atoms with Crippen molar-refractivity contribution in [2.24, 2.45) is 0 Å². The van der Waals surface area contributed by atoms with Crippen LogP contribution in [0.2, 0.25) is 5.02 Å². The highest BCUT2D eigenvalue weighted by molar-refractivity contribution is 6.31. The molecule has 0 saturated heterocycles. The Kier molecular flexibility index (Phi) is 6.19. The lowest BCUT2D eigenvalue weighted by molar-refractivity contribution is -0.147. The highest BCUT2D eigenvalue weighted by Gasteiger charge is 2.17. The Morgan fingerprint density at radius 2 is 1.90 bits per heavy atom. The summed E-state index contributed by atoms with van der Waals surface area (Å²) >= 11 is 6.03. The number of para-hydroxylation sites is 1. The van der Waals surface area contributed by atoms with Crippen molar-refractivity contribution >= 4 is 46.0 Å². The number of amides is 1. The Hall–Kier alpha value is -3.32. The van der Waals surface area contributed by atoms with Gasteiger partial charge in [0.2, 0.25) is 0 Å². The first-order valence-electron chi connectivity index (χ1n) is 8.77. The van der Waals surface area contributed by atoms with Gasteiger partial charge in [-0.2, -0.15) is 0 Å². The lowest BCUT2D eigenvalue weighted by atomic mass is 10.2. The van der Waals surface area contributed by atoms with Crippen molar-refractivity contribution in [1.82, 2.24) is 4.57 Å². The topological polar surface area (TPSA) is 86.6 Å². The molecule has 0 aliphatic rings. The third kappa shape index (κ3) is 4.75. The van der Waals surface area contributed by atoms with Gasteiger partial charge in [-0.15, -0.1) is 0 Å². The largest absolute Gasteiger partial charge is 0.465 e. The van der Waals surface area contributed by atoms with Gasteiger partial charge in [-0.05, 0) is 30.7 Å². The molecule has 29 heavy (non-hydrogen) atoms. The van der Waals surface area contributed by atoms with Gasteiger partial charge in [-0.1, -0.05) is 35.9 Å². The monoisotopic (exact) mass is 414 g/mol. The number of ether oxygens (including phenoxy) is 2. The van der Waals surface area contributed by atoms with E-state index in [0.717, 1.165) is 5.56 Å². The summed E-state index contributed by atoms with van der Waals surface area (Å²) in [5, 5.41) is 3.81. The first-order valence-corrected chi connectivity index (χ1v) is 9.14. The van der Waals surface area contributed by atoms with Crippen LogP contribution in [0.5, 0.6) is 0 Å². The number of methoxy groups -OCH3 is 1. The third-order valence-corrected chi connectivity index (χ3v) is 4.72. The van der Waals surface area contributed by atoms with Gasteiger partial charge in [-0.25, -0.2) is 4.79 Å². The van der Waals surface area contributed by atoms with Gasteiger partial charge in [0.05, 0.1) is 12.7 Å². The van der Waals surface area contributed by atoms with Crippen LogP contribution in [0, 0.1) is 6.92 Å². The molecule has 0 aliphatic heterocycles. The molecular formula is C21H19ClN2O5. The number of aromatic nitrogens is 1. The summed E-state index contributed by atoms with van der Waals surface area (Å²) in [5.41, 5.74) is 2.44. The maximum absolute atomic E-state index is 12.2. The fourth-order valence-corrected chi connectivity index (χ4v) is 3.03. The van der Waals surface area contributed by atoms with Crippen molar-refractivity contribution in [3.8, 4) is 0 Å². The minimum atomic E-state index is -0.612. The number of hydrogen-bond acceptors (Lipinski definition) is 5. The summed E-state index contributed by atoms with van der Waals surface area (Å²) in [4.78, 5) is 36.2. The van der Waals surface area contributed by atoms with E-state index in [4.69, 9.17) is 21.1 Å². The first kappa shape index (κ1) is 20.4. The van der Waals surface area contributed by atoms with Gasteiger partial charge in [0.1, 0.15) is 6.54 Å². The van der Waals surface area contributed by atoms with Crippen molar-refractivity contribution in [2.75, 3.05) is 19.0 Å². The van der Waals surface area contributed by atoms with E-state index >= 15 is 0 Å². The summed E-state index contributed by atoms with van der Waals surface area (Å²) in [6.07, 6.45) is 1.53. The van der Waals surface area contributed by atoms with Crippen molar-refractivity contribution in [2.45, 2.75) is 13.5 Å². The molecule has 1 N–H and O–H groups in total. The minimum absolute atomic E-state index is 0.152. The van der Waals surface area contributed by atoms with Crippen molar-refractivity contribution in [3.05, 3.63) is 64.8 Å². The molecule has 2 aromatic carbocycles. The summed E-state index contributed by atoms with van der Waals surface area (Å²) in [6.45, 7) is 1.26. The number of carbonyl (C=O) groups excluding carboxylic acids is 3. The number of anilines is 1. The number of aryl methyl sites for hydroxylation is 1. The molecule has 0 radical (unpaired) electrons. The van der Waals surface area contributed by atoms with E-state index in [-0.39, 0.29) is 6.54 Å². The highest BCUT2D eigenvalue weighted by atomic mass is 35.5. The summed E-state index contributed by atoms with van der Waals surface area (Å²) in [7, 11) is 1.29. The number of nitrogens with zero attached hydrogens (tertiary/aromatic N) is 1. The molecular weight excluding hydrogens is 396 g/mol. The Balaban J connectivity index is 1.63. The molecule has 0 unspecified atom stereocenters. The van der Waals surface area contributed by atoms with E-state index in [0.29, 0.717) is 27.2 Å². The standard InChI is InChI=1S/C21H19ClN2O5/c1-13-7-8-14(9-17(13)22)23-19(25)12-29-20(26)11-24-10-16(21(27)28-2)15-5-3-4-6-18(15)24/h3-10H,11-12H2,1-2H3,(H,23,25). The molecule has 0 saturated carbocycles. The highest BCUT2D eigenvalue weighted by Crippen LogP contribution is 2.22. The third-order valence-electron chi connectivity index (χ3n) is 4.31. The van der Waals surface area contributed by atoms with E-state index in [1.54, 1.807) is 47.0 Å². The van der Waals surface area contributed by atoms with E-state index in [9.17, 15) is 14.4 Å². The second-order valence-corrected chi connectivity index (χ2v) is 6.76. The average Bonchev–Trinajstić information content (AvgIpc) is 3.07. The summed E-state index contributed by atoms with van der Waals surface area (Å²) < 4.78 is 11.4. The molecule has 8 heteroatoms. The number of hydrogen-bond donors (Lipinski definition) is 1. The number of esters is 2. The Morgan fingerprint density at radius 1 is 1.14 bits per heavy atom. The molecule has 0 atom stereocenters. The van der Waals surface area contributed by atoms with Gasteiger partial charge in [0, 0.05) is 27.8 Å². The fraction of sp³-hybridized carbons (Fsp3) is 0.190. The van der Waals surface area contributed by atoms with E-state index in [1.807, 2.05) is 6.92 Å². The van der Waals surface area contributed by atoms with Crippen LogP contribution in [-0.2, 0) is 25.6 Å². The predicted octanol–water partition coefficient (Wildman–Crippen LogP) is 3.57. The number of benzene rings is 2. The minimum Gasteiger partial charge on any atom is -0.465 e. The molecule has 1 aromatic heterocycles. The number of halogens is 1. The zero-order valence-electron chi connectivity index (χ0n) is 15.9. The van der Waals surface area contributed by atoms with Crippen molar-refractivity contribution in [1.29, 1.82) is 0 Å². The van der Waals surface area contributed by atoms with Crippen LogP contribution in [0.3, 0.4) is 0 Å². The lowest BCUT2D eigenvalue weighted by Crippen LogP contribution is -2.22. The van der Waals surface area contributed by atoms with Gasteiger partial charge in [0.25, 0.3) is 5.91 Å². The van der Waals surface area contributed by atoms with E-state index in [1.165, 1.54) is 13.3 Å². The van der Waals surface area contributed by atoms with Crippen molar-refractivity contribution < 1.29 is 23.9 Å². The van der Waals surface area contributed by atoms with Crippen LogP contribution < -0.4 is 5.32 Å². The van der Waals surface area contributed by atoms with Crippen LogP contribution in [0.25, 0.3) is 10.9 Å². The van der Waals surface area contributed by atoms with Crippen LogP contribution in [-0.4, -0.2) is 36.1 Å². The number of carbonyl (C=O) groups is 3. The number of fused-ring (bicyclic) bond motifs is 1. The molecule has 3 rings (SSSR count). The smallest absolute Gasteiger partial charge is 0.340 e. The van der Waals surface area contributed by atoms with Gasteiger partial charge >= 0.3 is 11.9 Å². The zero-order valence-corrected chi connectivity index (χ0v) is 16.7. The van der Waals surface area contributed by atoms with E-state index < -0.39 is 24.5 Å². The second-order valence-electron chi connectivity index (χ2n) is 6.35. The van der Waals surface area contributed by atoms with Gasteiger partial charge in [0.15, 0.2) is 6.61 Å². The molecule has 3 aromatic rings. The number of nitrogens with one attached hydrogen (secondary N) is 1. The quantitative estimate of drug-likeness (QED) is 0.623. The van der Waals surface area contributed by atoms with Gasteiger partial charge < -0.3 is 19.4 Å². The van der Waals surface area contributed by atoms with Crippen LogP contribution in [0.15, 0.2) is 48.7 Å². The van der Waals surface area contributed by atoms with Crippen LogP contribution in [0.4, 0.5) is 5.69 Å². The summed E-state index contributed by atoms with van der Waals surface area (Å²) in [5.74, 6) is -1.59. The molecule has 0 aliphatic carbocycles. The maximum Gasteiger partial charge on any atom is 0.340 e. The fourth-order valence-electron chi connectivity index (χ4n) is 2.85. The predicted molar refractivity (Wildman–Crippen MR) is 109 cm³/mol. The zero-order chi connectivity index (χ0) is 21.0. The Morgan fingerprint density at radius 3 is 2.62 bits per heavy atom. The molecule has 1 heterocycles. The molecule has 150 valence electrons. The molecule has 0 spiro atoms. The lowest BCUT2D eigenvalue weighted by Gasteiger charge is -2.09. The van der Waals surface area contributed by atoms with E-state index in [2.05, 4.69) is 5.32 Å². The van der Waals surface area contributed by atoms with Crippen LogP contribution >= 0.6 is 11.6 Å². The Labute approximate surface area is 172 Å².